The summed E-state index contributed by atoms with van der Waals surface area (Å²) in [6.45, 7) is 1.24. The van der Waals surface area contributed by atoms with E-state index in [1.54, 1.807) is 7.05 Å². The number of rotatable bonds is 4. The van der Waals surface area contributed by atoms with E-state index in [1.165, 1.54) is 24.3 Å². The molecule has 0 unspecified atom stereocenters. The van der Waals surface area contributed by atoms with Crippen molar-refractivity contribution in [3.05, 3.63) is 48.3 Å². The highest BCUT2D eigenvalue weighted by atomic mass is 19.1. The minimum atomic E-state index is -0.356. The maximum atomic E-state index is 12.9. The number of halogens is 1. The topological polar surface area (TPSA) is 84.0 Å². The Morgan fingerprint density at radius 1 is 1.04 bits per heavy atom. The van der Waals surface area contributed by atoms with Gasteiger partial charge in [0.05, 0.1) is 19.8 Å². The number of carbonyl (C=O) groups is 1. The van der Waals surface area contributed by atoms with E-state index in [0.717, 1.165) is 12.1 Å². The maximum absolute atomic E-state index is 12.9. The molecular weight excluding hydrogens is 351 g/mol. The van der Waals surface area contributed by atoms with Crippen LogP contribution in [0, 0.1) is 5.82 Å². The van der Waals surface area contributed by atoms with Crippen molar-refractivity contribution in [2.24, 2.45) is 4.99 Å². The zero-order valence-corrected chi connectivity index (χ0v) is 14.9. The summed E-state index contributed by atoms with van der Waals surface area (Å²) in [5.41, 5.74) is 1.28. The van der Waals surface area contributed by atoms with Gasteiger partial charge in [-0.25, -0.2) is 4.39 Å². The van der Waals surface area contributed by atoms with E-state index >= 15 is 0 Å². The molecule has 0 aromatic heterocycles. The average Bonchev–Trinajstić information content (AvgIpc) is 2.92. The highest BCUT2D eigenvalue weighted by Crippen LogP contribution is 2.32. The fraction of sp³-hybridized carbons (Fsp3) is 0.263. The van der Waals surface area contributed by atoms with Crippen LogP contribution in [0.1, 0.15) is 6.42 Å². The summed E-state index contributed by atoms with van der Waals surface area (Å²) in [7, 11) is 1.61. The van der Waals surface area contributed by atoms with Crippen LogP contribution in [0.3, 0.4) is 0 Å². The Balaban J connectivity index is 1.54. The molecule has 27 heavy (non-hydrogen) atoms. The summed E-state index contributed by atoms with van der Waals surface area (Å²) >= 11 is 0. The van der Waals surface area contributed by atoms with Crippen LogP contribution in [0.2, 0.25) is 0 Å². The van der Waals surface area contributed by atoms with Crippen LogP contribution in [-0.2, 0) is 4.79 Å². The molecule has 142 valence electrons. The third kappa shape index (κ3) is 5.34. The lowest BCUT2D eigenvalue weighted by molar-refractivity contribution is -0.115. The quantitative estimate of drug-likeness (QED) is 0.568. The molecule has 2 aromatic carbocycles. The number of carbonyl (C=O) groups excluding carboxylic acids is 1. The fourth-order valence-corrected chi connectivity index (χ4v) is 2.46. The first kappa shape index (κ1) is 18.5. The average molecular weight is 372 g/mol. The molecule has 1 aliphatic rings. The van der Waals surface area contributed by atoms with E-state index in [2.05, 4.69) is 20.9 Å². The second-order valence-corrected chi connectivity index (χ2v) is 5.82. The van der Waals surface area contributed by atoms with E-state index in [-0.39, 0.29) is 18.3 Å². The number of hydrogen-bond acceptors (Lipinski definition) is 4. The molecule has 1 amide bonds. The summed E-state index contributed by atoms with van der Waals surface area (Å²) in [6.07, 6.45) is 0.837. The Kier molecular flexibility index (Phi) is 6.09. The van der Waals surface area contributed by atoms with Gasteiger partial charge in [-0.1, -0.05) is 0 Å². The minimum absolute atomic E-state index is 0.00159. The van der Waals surface area contributed by atoms with Gasteiger partial charge in [0, 0.05) is 30.9 Å². The van der Waals surface area contributed by atoms with Gasteiger partial charge in [0.15, 0.2) is 17.5 Å². The third-order valence-electron chi connectivity index (χ3n) is 3.78. The first-order valence-electron chi connectivity index (χ1n) is 8.57. The van der Waals surface area contributed by atoms with Gasteiger partial charge in [-0.15, -0.1) is 0 Å². The van der Waals surface area contributed by atoms with Crippen molar-refractivity contribution >= 4 is 23.2 Å². The fourth-order valence-electron chi connectivity index (χ4n) is 2.46. The molecule has 8 heteroatoms. The molecule has 0 bridgehead atoms. The lowest BCUT2D eigenvalue weighted by atomic mass is 10.3. The van der Waals surface area contributed by atoms with E-state index in [9.17, 15) is 9.18 Å². The van der Waals surface area contributed by atoms with Crippen molar-refractivity contribution in [2.75, 3.05) is 37.4 Å². The van der Waals surface area contributed by atoms with Crippen LogP contribution in [0.15, 0.2) is 47.5 Å². The number of ether oxygens (including phenoxy) is 2. The highest BCUT2D eigenvalue weighted by Gasteiger charge is 2.12. The van der Waals surface area contributed by atoms with Gasteiger partial charge in [-0.2, -0.15) is 0 Å². The number of aliphatic imine (C=N–C) groups is 1. The van der Waals surface area contributed by atoms with Gasteiger partial charge in [-0.3, -0.25) is 9.79 Å². The standard InChI is InChI=1S/C19H21FN4O3/c1-21-19(22-12-18(25)23-14-5-3-13(20)4-6-14)24-15-7-8-16-17(11-15)27-10-2-9-26-16/h3-8,11H,2,9-10,12H2,1H3,(H,23,25)(H2,21,22,24). The number of amides is 1. The van der Waals surface area contributed by atoms with Crippen LogP contribution in [0.4, 0.5) is 15.8 Å². The number of guanidine groups is 1. The first-order valence-corrected chi connectivity index (χ1v) is 8.57. The van der Waals surface area contributed by atoms with E-state index < -0.39 is 0 Å². The summed E-state index contributed by atoms with van der Waals surface area (Å²) in [4.78, 5) is 16.1. The third-order valence-corrected chi connectivity index (χ3v) is 3.78. The molecule has 0 aliphatic carbocycles. The molecule has 0 atom stereocenters. The van der Waals surface area contributed by atoms with Gasteiger partial charge >= 0.3 is 0 Å². The van der Waals surface area contributed by atoms with Gasteiger partial charge in [0.2, 0.25) is 5.91 Å². The van der Waals surface area contributed by atoms with Gasteiger partial charge in [0.25, 0.3) is 0 Å². The van der Waals surface area contributed by atoms with Crippen LogP contribution >= 0.6 is 0 Å². The molecule has 0 radical (unpaired) electrons. The SMILES string of the molecule is CN=C(NCC(=O)Nc1ccc(F)cc1)Nc1ccc2c(c1)OCCCO2. The number of fused-ring (bicyclic) bond motifs is 1. The van der Waals surface area contributed by atoms with Gasteiger partial charge in [-0.05, 0) is 36.4 Å². The molecule has 1 heterocycles. The summed E-state index contributed by atoms with van der Waals surface area (Å²) in [5, 5.41) is 8.69. The van der Waals surface area contributed by atoms with Crippen molar-refractivity contribution in [3.63, 3.8) is 0 Å². The number of hydrogen-bond donors (Lipinski definition) is 3. The molecule has 3 N–H and O–H groups in total. The Bertz CT molecular complexity index is 824. The zero-order chi connectivity index (χ0) is 19.1. The van der Waals surface area contributed by atoms with Crippen molar-refractivity contribution in [1.29, 1.82) is 0 Å². The van der Waals surface area contributed by atoms with Crippen LogP contribution in [0.25, 0.3) is 0 Å². The molecular formula is C19H21FN4O3. The smallest absolute Gasteiger partial charge is 0.243 e. The van der Waals surface area contributed by atoms with Crippen molar-refractivity contribution < 1.29 is 18.7 Å². The monoisotopic (exact) mass is 372 g/mol. The number of benzene rings is 2. The first-order chi connectivity index (χ1) is 13.1. The largest absolute Gasteiger partial charge is 0.490 e. The van der Waals surface area contributed by atoms with E-state index in [1.807, 2.05) is 18.2 Å². The highest BCUT2D eigenvalue weighted by molar-refractivity contribution is 5.99. The lowest BCUT2D eigenvalue weighted by Crippen LogP contribution is -2.37. The van der Waals surface area contributed by atoms with Crippen molar-refractivity contribution in [2.45, 2.75) is 6.42 Å². The normalized spacial score (nSPS) is 13.5. The Hall–Kier alpha value is -3.29. The van der Waals surface area contributed by atoms with Gasteiger partial charge < -0.3 is 25.4 Å². The predicted octanol–water partition coefficient (Wildman–Crippen LogP) is 2.61. The molecule has 7 nitrogen and oxygen atoms in total. The minimum Gasteiger partial charge on any atom is -0.490 e. The second-order valence-electron chi connectivity index (χ2n) is 5.82. The molecule has 2 aromatic rings. The van der Waals surface area contributed by atoms with E-state index in [4.69, 9.17) is 9.47 Å². The predicted molar refractivity (Wildman–Crippen MR) is 102 cm³/mol. The molecule has 0 saturated heterocycles. The van der Waals surface area contributed by atoms with Crippen LogP contribution < -0.4 is 25.4 Å². The number of nitrogens with one attached hydrogen (secondary N) is 3. The zero-order valence-electron chi connectivity index (χ0n) is 14.9. The second kappa shape index (κ2) is 8.88. The molecule has 3 rings (SSSR count). The Labute approximate surface area is 156 Å². The molecule has 0 saturated carbocycles. The van der Waals surface area contributed by atoms with E-state index in [0.29, 0.717) is 36.4 Å². The summed E-state index contributed by atoms with van der Waals surface area (Å²) in [6, 6.07) is 11.1. The Morgan fingerprint density at radius 2 is 1.74 bits per heavy atom. The number of nitrogens with zero attached hydrogens (tertiary/aromatic N) is 1. The maximum Gasteiger partial charge on any atom is 0.243 e. The molecule has 0 spiro atoms. The van der Waals surface area contributed by atoms with Crippen LogP contribution in [-0.4, -0.2) is 38.7 Å². The van der Waals surface area contributed by atoms with Crippen molar-refractivity contribution in [3.8, 4) is 11.5 Å². The number of anilines is 2. The summed E-state index contributed by atoms with van der Waals surface area (Å²) in [5.74, 6) is 1.18. The van der Waals surface area contributed by atoms with Gasteiger partial charge in [0.1, 0.15) is 5.82 Å². The Morgan fingerprint density at radius 3 is 2.48 bits per heavy atom. The lowest BCUT2D eigenvalue weighted by Gasteiger charge is -2.14. The van der Waals surface area contributed by atoms with Crippen LogP contribution in [0.5, 0.6) is 11.5 Å². The molecule has 1 aliphatic heterocycles. The molecule has 0 fully saturated rings. The summed E-state index contributed by atoms with van der Waals surface area (Å²) < 4.78 is 24.2. The van der Waals surface area contributed by atoms with Crippen molar-refractivity contribution in [1.82, 2.24) is 5.32 Å².